The summed E-state index contributed by atoms with van der Waals surface area (Å²) < 4.78 is 0. The Morgan fingerprint density at radius 1 is 0.882 bits per heavy atom. The number of hydrogen-bond donors (Lipinski definition) is 4. The zero-order valence-electron chi connectivity index (χ0n) is 9.82. The minimum absolute atomic E-state index is 0. The SMILES string of the molecule is O=C(O)[C@H]1CCCN1.O=C(O)[C@H]1CCCN1.[Zn]. The smallest absolute Gasteiger partial charge is 0.320 e. The van der Waals surface area contributed by atoms with Crippen LogP contribution in [0.15, 0.2) is 0 Å². The van der Waals surface area contributed by atoms with Gasteiger partial charge in [0.2, 0.25) is 0 Å². The molecule has 0 bridgehead atoms. The molecule has 0 aliphatic carbocycles. The van der Waals surface area contributed by atoms with E-state index in [2.05, 4.69) is 10.6 Å². The molecule has 2 atom stereocenters. The van der Waals surface area contributed by atoms with E-state index in [1.807, 2.05) is 0 Å². The Morgan fingerprint density at radius 2 is 1.24 bits per heavy atom. The zero-order valence-corrected chi connectivity index (χ0v) is 12.8. The van der Waals surface area contributed by atoms with Crippen LogP contribution in [-0.4, -0.2) is 47.3 Å². The van der Waals surface area contributed by atoms with Crippen LogP contribution >= 0.6 is 0 Å². The van der Waals surface area contributed by atoms with E-state index in [9.17, 15) is 9.59 Å². The van der Waals surface area contributed by atoms with Crippen molar-refractivity contribution in [3.8, 4) is 0 Å². The van der Waals surface area contributed by atoms with Gasteiger partial charge in [-0.15, -0.1) is 0 Å². The maximum Gasteiger partial charge on any atom is 0.320 e. The molecule has 2 rings (SSSR count). The number of aliphatic carboxylic acids is 2. The molecule has 2 aliphatic rings. The predicted octanol–water partition coefficient (Wildman–Crippen LogP) is -0.356. The molecule has 94 valence electrons. The molecule has 0 aromatic carbocycles. The van der Waals surface area contributed by atoms with Gasteiger partial charge in [0.1, 0.15) is 12.1 Å². The van der Waals surface area contributed by atoms with Gasteiger partial charge in [-0.25, -0.2) is 0 Å². The van der Waals surface area contributed by atoms with E-state index in [4.69, 9.17) is 10.2 Å². The molecule has 0 spiro atoms. The predicted molar refractivity (Wildman–Crippen MR) is 57.3 cm³/mol. The summed E-state index contributed by atoms with van der Waals surface area (Å²) in [5.74, 6) is -1.44. The van der Waals surface area contributed by atoms with E-state index < -0.39 is 11.9 Å². The average Bonchev–Trinajstić information content (AvgIpc) is 2.93. The third-order valence-corrected chi connectivity index (χ3v) is 2.72. The second-order valence-electron chi connectivity index (χ2n) is 3.97. The quantitative estimate of drug-likeness (QED) is 0.520. The maximum atomic E-state index is 10.1. The number of rotatable bonds is 2. The van der Waals surface area contributed by atoms with Gasteiger partial charge in [0.05, 0.1) is 0 Å². The molecule has 7 heteroatoms. The van der Waals surface area contributed by atoms with E-state index in [-0.39, 0.29) is 31.6 Å². The topological polar surface area (TPSA) is 98.7 Å². The van der Waals surface area contributed by atoms with E-state index in [1.165, 1.54) is 0 Å². The van der Waals surface area contributed by atoms with Crippen molar-refractivity contribution >= 4 is 11.9 Å². The van der Waals surface area contributed by atoms with Crippen molar-refractivity contribution in [3.63, 3.8) is 0 Å². The summed E-state index contributed by atoms with van der Waals surface area (Å²) in [6.07, 6.45) is 3.57. The van der Waals surface area contributed by atoms with Crippen molar-refractivity contribution in [1.29, 1.82) is 0 Å². The molecule has 0 radical (unpaired) electrons. The molecule has 2 fully saturated rings. The molecule has 2 heterocycles. The molecular weight excluding hydrogens is 278 g/mol. The van der Waals surface area contributed by atoms with E-state index >= 15 is 0 Å². The summed E-state index contributed by atoms with van der Waals surface area (Å²) in [5, 5.41) is 22.4. The van der Waals surface area contributed by atoms with Crippen molar-refractivity contribution in [2.45, 2.75) is 37.8 Å². The molecule has 0 amide bonds. The van der Waals surface area contributed by atoms with E-state index in [1.54, 1.807) is 0 Å². The van der Waals surface area contributed by atoms with Gasteiger partial charge in [0.15, 0.2) is 0 Å². The fraction of sp³-hybridized carbons (Fsp3) is 0.800. The zero-order chi connectivity index (χ0) is 12.0. The van der Waals surface area contributed by atoms with Gasteiger partial charge in [-0.1, -0.05) is 0 Å². The van der Waals surface area contributed by atoms with Crippen molar-refractivity contribution in [2.24, 2.45) is 0 Å². The molecular formula is C10H18N2O4Zn. The molecule has 2 saturated heterocycles. The largest absolute Gasteiger partial charge is 0.480 e. The third-order valence-electron chi connectivity index (χ3n) is 2.72. The Labute approximate surface area is 113 Å². The number of carboxylic acids is 2. The summed E-state index contributed by atoms with van der Waals surface area (Å²) in [6.45, 7) is 1.72. The maximum absolute atomic E-state index is 10.1. The minimum atomic E-state index is -0.720. The summed E-state index contributed by atoms with van der Waals surface area (Å²) in [7, 11) is 0. The van der Waals surface area contributed by atoms with Gasteiger partial charge in [-0.2, -0.15) is 0 Å². The number of hydrogen-bond acceptors (Lipinski definition) is 4. The third kappa shape index (κ3) is 6.10. The van der Waals surface area contributed by atoms with Gasteiger partial charge in [0, 0.05) is 19.5 Å². The van der Waals surface area contributed by atoms with Crippen LogP contribution in [0.2, 0.25) is 0 Å². The number of carbonyl (C=O) groups is 2. The van der Waals surface area contributed by atoms with Crippen LogP contribution in [0.3, 0.4) is 0 Å². The van der Waals surface area contributed by atoms with Gasteiger partial charge in [0.25, 0.3) is 0 Å². The van der Waals surface area contributed by atoms with Crippen molar-refractivity contribution in [2.75, 3.05) is 13.1 Å². The van der Waals surface area contributed by atoms with Gasteiger partial charge >= 0.3 is 11.9 Å². The second kappa shape index (κ2) is 8.56. The first-order valence-corrected chi connectivity index (χ1v) is 5.53. The summed E-state index contributed by atoms with van der Waals surface area (Å²) in [4.78, 5) is 20.3. The fourth-order valence-electron chi connectivity index (χ4n) is 1.79. The summed E-state index contributed by atoms with van der Waals surface area (Å²) >= 11 is 0. The van der Waals surface area contributed by atoms with Crippen molar-refractivity contribution in [1.82, 2.24) is 10.6 Å². The number of nitrogens with one attached hydrogen (secondary N) is 2. The molecule has 2 aliphatic heterocycles. The van der Waals surface area contributed by atoms with Crippen LogP contribution in [0.5, 0.6) is 0 Å². The second-order valence-corrected chi connectivity index (χ2v) is 3.97. The van der Waals surface area contributed by atoms with Crippen LogP contribution in [0.25, 0.3) is 0 Å². The van der Waals surface area contributed by atoms with Crippen LogP contribution in [0.4, 0.5) is 0 Å². The fourth-order valence-corrected chi connectivity index (χ4v) is 1.79. The Bertz CT molecular complexity index is 225. The summed E-state index contributed by atoms with van der Waals surface area (Å²) in [5.41, 5.74) is 0. The Kier molecular flexibility index (Phi) is 8.30. The molecule has 6 nitrogen and oxygen atoms in total. The van der Waals surface area contributed by atoms with Gasteiger partial charge < -0.3 is 20.8 Å². The van der Waals surface area contributed by atoms with E-state index in [0.29, 0.717) is 0 Å². The van der Waals surface area contributed by atoms with Crippen molar-refractivity contribution in [3.05, 3.63) is 0 Å². The number of carboxylic acid groups (broad SMARTS) is 2. The Balaban J connectivity index is 0.000000284. The van der Waals surface area contributed by atoms with Crippen LogP contribution in [0, 0.1) is 0 Å². The van der Waals surface area contributed by atoms with Gasteiger partial charge in [-0.05, 0) is 38.8 Å². The molecule has 0 aromatic rings. The van der Waals surface area contributed by atoms with E-state index in [0.717, 1.165) is 38.8 Å². The monoisotopic (exact) mass is 294 g/mol. The van der Waals surface area contributed by atoms with Crippen molar-refractivity contribution < 1.29 is 39.3 Å². The van der Waals surface area contributed by atoms with Crippen LogP contribution in [0.1, 0.15) is 25.7 Å². The molecule has 0 saturated carbocycles. The van der Waals surface area contributed by atoms with Gasteiger partial charge in [-0.3, -0.25) is 9.59 Å². The Morgan fingerprint density at radius 3 is 1.35 bits per heavy atom. The first-order valence-electron chi connectivity index (χ1n) is 5.53. The molecule has 4 N–H and O–H groups in total. The Hall–Kier alpha value is -0.517. The minimum Gasteiger partial charge on any atom is -0.480 e. The standard InChI is InChI=1S/2C5H9NO2.Zn/c2*7-5(8)4-2-1-3-6-4;/h2*4,6H,1-3H2,(H,7,8);/t2*4-;/m11./s1. The first kappa shape index (κ1) is 16.5. The molecule has 0 aromatic heterocycles. The first-order chi connectivity index (χ1) is 7.61. The summed E-state index contributed by atoms with van der Waals surface area (Å²) in [6, 6.07) is -0.537. The average molecular weight is 296 g/mol. The van der Waals surface area contributed by atoms with Crippen LogP contribution < -0.4 is 10.6 Å². The molecule has 0 unspecified atom stereocenters. The van der Waals surface area contributed by atoms with Crippen LogP contribution in [-0.2, 0) is 29.1 Å². The molecule has 17 heavy (non-hydrogen) atoms. The normalized spacial score (nSPS) is 26.6.